The number of nitro benzene ring substituents is 1. The summed E-state index contributed by atoms with van der Waals surface area (Å²) in [6.07, 6.45) is 2.19. The molecule has 0 aromatic heterocycles. The van der Waals surface area contributed by atoms with Crippen LogP contribution in [0.1, 0.15) is 12.5 Å². The number of nitrogens with one attached hydrogen (secondary N) is 2. The molecule has 0 aliphatic heterocycles. The van der Waals surface area contributed by atoms with Crippen molar-refractivity contribution in [2.24, 2.45) is 0 Å². The molecule has 28 heavy (non-hydrogen) atoms. The molecule has 0 bridgehead atoms. The maximum atomic E-state index is 12.0. The summed E-state index contributed by atoms with van der Waals surface area (Å²) in [5.41, 5.74) is 2.25. The van der Waals surface area contributed by atoms with Crippen LogP contribution in [0.5, 0.6) is 11.5 Å². The highest BCUT2D eigenvalue weighted by Gasteiger charge is 2.06. The Labute approximate surface area is 163 Å². The van der Waals surface area contributed by atoms with Gasteiger partial charge in [-0.1, -0.05) is 6.07 Å². The van der Waals surface area contributed by atoms with Gasteiger partial charge >= 0.3 is 0 Å². The molecule has 8 nitrogen and oxygen atoms in total. The first-order chi connectivity index (χ1) is 13.4. The van der Waals surface area contributed by atoms with Crippen molar-refractivity contribution in [2.45, 2.75) is 13.3 Å². The van der Waals surface area contributed by atoms with Gasteiger partial charge in [0.05, 0.1) is 19.1 Å². The van der Waals surface area contributed by atoms with E-state index in [1.807, 2.05) is 18.2 Å². The number of benzene rings is 2. The third-order valence-electron chi connectivity index (χ3n) is 3.96. The smallest absolute Gasteiger partial charge is 0.269 e. The van der Waals surface area contributed by atoms with Gasteiger partial charge in [-0.05, 0) is 43.2 Å². The Morgan fingerprint density at radius 3 is 2.39 bits per heavy atom. The Kier molecular flexibility index (Phi) is 7.38. The standard InChI is InChI=1S/C20H23N3O5/c1-14(12-20(24)22-16-5-7-17(8-6-16)23(25)26)21-11-10-15-4-9-18(27-2)19(13-15)28-3/h4-9,12-13,21H,10-11H2,1-3H3,(H,22,24)/b14-12+. The maximum absolute atomic E-state index is 12.0. The molecule has 0 saturated heterocycles. The van der Waals surface area contributed by atoms with E-state index >= 15 is 0 Å². The summed E-state index contributed by atoms with van der Waals surface area (Å²) in [4.78, 5) is 22.2. The summed E-state index contributed by atoms with van der Waals surface area (Å²) in [6.45, 7) is 2.44. The average Bonchev–Trinajstić information content (AvgIpc) is 2.68. The molecule has 0 unspecified atom stereocenters. The van der Waals surface area contributed by atoms with Crippen LogP contribution in [0, 0.1) is 10.1 Å². The number of ether oxygens (including phenoxy) is 2. The van der Waals surface area contributed by atoms with Gasteiger partial charge in [-0.2, -0.15) is 0 Å². The minimum absolute atomic E-state index is 0.0263. The second-order valence-electron chi connectivity index (χ2n) is 5.99. The third-order valence-corrected chi connectivity index (χ3v) is 3.96. The van der Waals surface area contributed by atoms with Crippen LogP contribution in [0.25, 0.3) is 0 Å². The third kappa shape index (κ3) is 6.01. The number of rotatable bonds is 9. The zero-order valence-electron chi connectivity index (χ0n) is 16.0. The Morgan fingerprint density at radius 2 is 1.79 bits per heavy atom. The number of allylic oxidation sites excluding steroid dienone is 1. The van der Waals surface area contributed by atoms with Gasteiger partial charge in [0.2, 0.25) is 5.91 Å². The van der Waals surface area contributed by atoms with Crippen LogP contribution < -0.4 is 20.1 Å². The lowest BCUT2D eigenvalue weighted by Gasteiger charge is -2.11. The van der Waals surface area contributed by atoms with Crippen molar-refractivity contribution in [3.05, 3.63) is 69.9 Å². The van der Waals surface area contributed by atoms with E-state index in [-0.39, 0.29) is 11.6 Å². The topological polar surface area (TPSA) is 103 Å². The van der Waals surface area contributed by atoms with Gasteiger partial charge in [0.25, 0.3) is 5.69 Å². The first kappa shape index (κ1) is 20.8. The van der Waals surface area contributed by atoms with E-state index in [1.165, 1.54) is 30.3 Å². The van der Waals surface area contributed by atoms with Crippen LogP contribution in [0.3, 0.4) is 0 Å². The van der Waals surface area contributed by atoms with E-state index < -0.39 is 4.92 Å². The first-order valence-electron chi connectivity index (χ1n) is 8.61. The summed E-state index contributed by atoms with van der Waals surface area (Å²) in [5.74, 6) is 1.04. The molecule has 0 fully saturated rings. The molecule has 148 valence electrons. The van der Waals surface area contributed by atoms with Crippen molar-refractivity contribution < 1.29 is 19.2 Å². The average molecular weight is 385 g/mol. The quantitative estimate of drug-likeness (QED) is 0.390. The van der Waals surface area contributed by atoms with Crippen LogP contribution in [-0.4, -0.2) is 31.6 Å². The number of hydrogen-bond acceptors (Lipinski definition) is 6. The summed E-state index contributed by atoms with van der Waals surface area (Å²) < 4.78 is 10.5. The molecule has 0 aliphatic carbocycles. The second kappa shape index (κ2) is 9.96. The van der Waals surface area contributed by atoms with Gasteiger partial charge in [0.1, 0.15) is 0 Å². The number of hydrogen-bond donors (Lipinski definition) is 2. The lowest BCUT2D eigenvalue weighted by atomic mass is 10.1. The van der Waals surface area contributed by atoms with Gasteiger partial charge in [-0.3, -0.25) is 14.9 Å². The molecule has 0 spiro atoms. The van der Waals surface area contributed by atoms with Crippen molar-refractivity contribution in [1.29, 1.82) is 0 Å². The number of anilines is 1. The van der Waals surface area contributed by atoms with Crippen molar-refractivity contribution in [2.75, 3.05) is 26.1 Å². The molecule has 8 heteroatoms. The number of amides is 1. The molecule has 0 saturated carbocycles. The molecule has 1 amide bonds. The predicted octanol–water partition coefficient (Wildman–Crippen LogP) is 3.29. The fraction of sp³-hybridized carbons (Fsp3) is 0.250. The van der Waals surface area contributed by atoms with Gasteiger partial charge < -0.3 is 20.1 Å². The SMILES string of the molecule is COc1ccc(CCN/C(C)=C/C(=O)Nc2ccc([N+](=O)[O-])cc2)cc1OC. The molecule has 2 N–H and O–H groups in total. The molecular formula is C20H23N3O5. The highest BCUT2D eigenvalue weighted by atomic mass is 16.6. The minimum atomic E-state index is -0.488. The number of carbonyl (C=O) groups is 1. The molecule has 2 aromatic rings. The van der Waals surface area contributed by atoms with Gasteiger partial charge in [-0.15, -0.1) is 0 Å². The van der Waals surface area contributed by atoms with E-state index in [0.29, 0.717) is 29.4 Å². The zero-order valence-corrected chi connectivity index (χ0v) is 16.0. The summed E-state index contributed by atoms with van der Waals surface area (Å²) in [6, 6.07) is 11.4. The minimum Gasteiger partial charge on any atom is -0.493 e. The Balaban J connectivity index is 1.84. The lowest BCUT2D eigenvalue weighted by molar-refractivity contribution is -0.384. The van der Waals surface area contributed by atoms with Crippen LogP contribution in [0.4, 0.5) is 11.4 Å². The van der Waals surface area contributed by atoms with Crippen molar-refractivity contribution in [1.82, 2.24) is 5.32 Å². The number of nitro groups is 1. The highest BCUT2D eigenvalue weighted by Crippen LogP contribution is 2.27. The van der Waals surface area contributed by atoms with E-state index in [0.717, 1.165) is 12.0 Å². The van der Waals surface area contributed by atoms with Crippen molar-refractivity contribution in [3.8, 4) is 11.5 Å². The van der Waals surface area contributed by atoms with Crippen LogP contribution >= 0.6 is 0 Å². The largest absolute Gasteiger partial charge is 0.493 e. The van der Waals surface area contributed by atoms with Gasteiger partial charge in [-0.25, -0.2) is 0 Å². The fourth-order valence-electron chi connectivity index (χ4n) is 2.53. The molecule has 0 radical (unpaired) electrons. The number of methoxy groups -OCH3 is 2. The van der Waals surface area contributed by atoms with Gasteiger partial charge in [0.15, 0.2) is 11.5 Å². The molecule has 0 aliphatic rings. The number of carbonyl (C=O) groups excluding carboxylic acids is 1. The number of nitrogens with zero attached hydrogens (tertiary/aromatic N) is 1. The van der Waals surface area contributed by atoms with Crippen LogP contribution in [0.15, 0.2) is 54.2 Å². The van der Waals surface area contributed by atoms with E-state index in [4.69, 9.17) is 9.47 Å². The Hall–Kier alpha value is -3.55. The van der Waals surface area contributed by atoms with E-state index in [1.54, 1.807) is 21.1 Å². The summed E-state index contributed by atoms with van der Waals surface area (Å²) in [5, 5.41) is 16.5. The maximum Gasteiger partial charge on any atom is 0.269 e. The Morgan fingerprint density at radius 1 is 1.11 bits per heavy atom. The molecule has 0 atom stereocenters. The summed E-state index contributed by atoms with van der Waals surface area (Å²) >= 11 is 0. The molecule has 2 aromatic carbocycles. The van der Waals surface area contributed by atoms with Crippen molar-refractivity contribution >= 4 is 17.3 Å². The molecular weight excluding hydrogens is 362 g/mol. The summed E-state index contributed by atoms with van der Waals surface area (Å²) in [7, 11) is 3.19. The molecule has 0 heterocycles. The van der Waals surface area contributed by atoms with E-state index in [2.05, 4.69) is 10.6 Å². The number of non-ortho nitro benzene ring substituents is 1. The van der Waals surface area contributed by atoms with E-state index in [9.17, 15) is 14.9 Å². The zero-order chi connectivity index (χ0) is 20.5. The monoisotopic (exact) mass is 385 g/mol. The fourth-order valence-corrected chi connectivity index (χ4v) is 2.53. The normalized spacial score (nSPS) is 10.9. The Bertz CT molecular complexity index is 863. The van der Waals surface area contributed by atoms with Crippen LogP contribution in [-0.2, 0) is 11.2 Å². The van der Waals surface area contributed by atoms with Gasteiger partial charge in [0, 0.05) is 36.1 Å². The lowest BCUT2D eigenvalue weighted by Crippen LogP contribution is -2.18. The molecule has 2 rings (SSSR count). The predicted molar refractivity (Wildman–Crippen MR) is 107 cm³/mol. The first-order valence-corrected chi connectivity index (χ1v) is 8.61. The van der Waals surface area contributed by atoms with Crippen molar-refractivity contribution in [3.63, 3.8) is 0 Å². The highest BCUT2D eigenvalue weighted by molar-refractivity contribution is 5.99. The van der Waals surface area contributed by atoms with Crippen LogP contribution in [0.2, 0.25) is 0 Å². The second-order valence-corrected chi connectivity index (χ2v) is 5.99.